The molecule has 0 aliphatic carbocycles. The molecular weight excluding hydrogens is 395 g/mol. The lowest BCUT2D eigenvalue weighted by atomic mass is 10.1. The summed E-state index contributed by atoms with van der Waals surface area (Å²) in [6.07, 6.45) is 2.14. The first-order valence-electron chi connectivity index (χ1n) is 9.97. The van der Waals surface area contributed by atoms with Gasteiger partial charge in [0.05, 0.1) is 13.5 Å². The minimum absolute atomic E-state index is 0.0600. The number of carbonyl (C=O) groups is 1. The van der Waals surface area contributed by atoms with Crippen LogP contribution in [0, 0.1) is 5.82 Å². The molecule has 0 saturated heterocycles. The molecule has 1 amide bonds. The number of methoxy groups -OCH3 is 1. The van der Waals surface area contributed by atoms with E-state index in [0.29, 0.717) is 18.9 Å². The molecule has 1 heterocycles. The van der Waals surface area contributed by atoms with Gasteiger partial charge in [-0.15, -0.1) is 0 Å². The first kappa shape index (κ1) is 20.5. The van der Waals surface area contributed by atoms with Crippen molar-refractivity contribution in [3.8, 4) is 11.5 Å². The van der Waals surface area contributed by atoms with E-state index in [2.05, 4.69) is 10.3 Å². The van der Waals surface area contributed by atoms with Crippen LogP contribution in [-0.4, -0.2) is 18.0 Å². The predicted octanol–water partition coefficient (Wildman–Crippen LogP) is 4.75. The number of nitrogens with one attached hydrogen (secondary N) is 2. The summed E-state index contributed by atoms with van der Waals surface area (Å²) >= 11 is 0. The van der Waals surface area contributed by atoms with E-state index in [1.165, 1.54) is 12.1 Å². The Labute approximate surface area is 179 Å². The van der Waals surface area contributed by atoms with E-state index in [-0.39, 0.29) is 18.1 Å². The normalized spacial score (nSPS) is 10.8. The number of fused-ring (bicyclic) bond motifs is 1. The summed E-state index contributed by atoms with van der Waals surface area (Å²) in [6, 6.07) is 19.6. The van der Waals surface area contributed by atoms with Crippen LogP contribution in [-0.2, 0) is 24.4 Å². The van der Waals surface area contributed by atoms with E-state index >= 15 is 0 Å². The Balaban J connectivity index is 1.29. The van der Waals surface area contributed by atoms with Crippen molar-refractivity contribution in [3.05, 3.63) is 95.4 Å². The van der Waals surface area contributed by atoms with Gasteiger partial charge in [-0.2, -0.15) is 0 Å². The van der Waals surface area contributed by atoms with E-state index < -0.39 is 0 Å². The summed E-state index contributed by atoms with van der Waals surface area (Å²) in [4.78, 5) is 15.6. The number of aromatic amines is 1. The molecule has 0 radical (unpaired) electrons. The summed E-state index contributed by atoms with van der Waals surface area (Å²) in [7, 11) is 1.62. The van der Waals surface area contributed by atoms with Gasteiger partial charge in [-0.3, -0.25) is 4.79 Å². The second-order valence-electron chi connectivity index (χ2n) is 7.24. The second-order valence-corrected chi connectivity index (χ2v) is 7.24. The molecule has 4 rings (SSSR count). The average molecular weight is 418 g/mol. The lowest BCUT2D eigenvalue weighted by Crippen LogP contribution is -2.24. The number of halogens is 1. The fraction of sp³-hybridized carbons (Fsp3) is 0.160. The Bertz CT molecular complexity index is 1190. The molecule has 0 spiro atoms. The zero-order valence-corrected chi connectivity index (χ0v) is 17.2. The van der Waals surface area contributed by atoms with Crippen LogP contribution in [0.1, 0.15) is 16.7 Å². The number of ether oxygens (including phenoxy) is 2. The zero-order valence-electron chi connectivity index (χ0n) is 17.2. The third kappa shape index (κ3) is 5.22. The van der Waals surface area contributed by atoms with Crippen molar-refractivity contribution in [2.24, 2.45) is 0 Å². The van der Waals surface area contributed by atoms with Crippen molar-refractivity contribution in [1.82, 2.24) is 10.3 Å². The Hall–Kier alpha value is -3.80. The van der Waals surface area contributed by atoms with Crippen molar-refractivity contribution in [2.45, 2.75) is 19.6 Å². The number of hydrogen-bond acceptors (Lipinski definition) is 3. The molecule has 2 N–H and O–H groups in total. The van der Waals surface area contributed by atoms with Crippen LogP contribution in [0.2, 0.25) is 0 Å². The van der Waals surface area contributed by atoms with Gasteiger partial charge >= 0.3 is 0 Å². The van der Waals surface area contributed by atoms with Crippen molar-refractivity contribution >= 4 is 16.8 Å². The maximum absolute atomic E-state index is 13.2. The summed E-state index contributed by atoms with van der Waals surface area (Å²) in [6.45, 7) is 0.720. The summed E-state index contributed by atoms with van der Waals surface area (Å²) in [5.41, 5.74) is 3.63. The highest BCUT2D eigenvalue weighted by molar-refractivity contribution is 5.89. The number of carbonyl (C=O) groups excluding carboxylic acids is 1. The van der Waals surface area contributed by atoms with E-state index in [1.807, 2.05) is 54.7 Å². The van der Waals surface area contributed by atoms with E-state index in [9.17, 15) is 9.18 Å². The number of H-pyrrole nitrogens is 1. The Morgan fingerprint density at radius 1 is 1.00 bits per heavy atom. The minimum atomic E-state index is -0.279. The zero-order chi connectivity index (χ0) is 21.6. The van der Waals surface area contributed by atoms with Crippen molar-refractivity contribution in [2.75, 3.05) is 7.11 Å². The van der Waals surface area contributed by atoms with Gasteiger partial charge in [-0.05, 0) is 59.2 Å². The van der Waals surface area contributed by atoms with Gasteiger partial charge in [0.15, 0.2) is 0 Å². The van der Waals surface area contributed by atoms with E-state index in [0.717, 1.165) is 33.3 Å². The van der Waals surface area contributed by atoms with Gasteiger partial charge in [0, 0.05) is 23.6 Å². The number of amides is 1. The Kier molecular flexibility index (Phi) is 6.17. The van der Waals surface area contributed by atoms with Gasteiger partial charge in [-0.25, -0.2) is 4.39 Å². The number of hydrogen-bond donors (Lipinski definition) is 2. The van der Waals surface area contributed by atoms with Crippen LogP contribution in [0.4, 0.5) is 4.39 Å². The van der Waals surface area contributed by atoms with Crippen molar-refractivity contribution in [3.63, 3.8) is 0 Å². The first-order chi connectivity index (χ1) is 15.1. The summed E-state index contributed by atoms with van der Waals surface area (Å²) < 4.78 is 24.2. The molecule has 0 atom stereocenters. The van der Waals surface area contributed by atoms with Crippen LogP contribution in [0.5, 0.6) is 11.5 Å². The molecule has 0 saturated carbocycles. The predicted molar refractivity (Wildman–Crippen MR) is 118 cm³/mol. The molecular formula is C25H23FN2O3. The topological polar surface area (TPSA) is 63.4 Å². The van der Waals surface area contributed by atoms with Crippen LogP contribution in [0.25, 0.3) is 10.9 Å². The fourth-order valence-electron chi connectivity index (χ4n) is 3.36. The van der Waals surface area contributed by atoms with Gasteiger partial charge in [0.25, 0.3) is 0 Å². The molecule has 0 bridgehead atoms. The Morgan fingerprint density at radius 3 is 2.58 bits per heavy atom. The molecule has 0 aliphatic rings. The van der Waals surface area contributed by atoms with Crippen molar-refractivity contribution in [1.29, 1.82) is 0 Å². The molecule has 0 aliphatic heterocycles. The minimum Gasteiger partial charge on any atom is -0.497 e. The van der Waals surface area contributed by atoms with Crippen LogP contribution >= 0.6 is 0 Å². The quantitative estimate of drug-likeness (QED) is 0.434. The molecule has 0 fully saturated rings. The number of benzene rings is 3. The third-order valence-electron chi connectivity index (χ3n) is 5.03. The SMILES string of the molecule is COc1ccc2[nH]cc(CC(=O)NCc3ccc(OCc4cccc(F)c4)cc3)c2c1. The molecule has 5 nitrogen and oxygen atoms in total. The van der Waals surface area contributed by atoms with Gasteiger partial charge in [0.1, 0.15) is 23.9 Å². The smallest absolute Gasteiger partial charge is 0.224 e. The average Bonchev–Trinajstić information content (AvgIpc) is 3.19. The summed E-state index contributed by atoms with van der Waals surface area (Å²) in [5.74, 6) is 1.11. The standard InChI is InChI=1S/C25H23FN2O3/c1-30-22-9-10-24-23(13-22)19(15-27-24)12-25(29)28-14-17-5-7-21(8-6-17)31-16-18-3-2-4-20(26)11-18/h2-11,13,15,27H,12,14,16H2,1H3,(H,28,29). The Morgan fingerprint density at radius 2 is 1.81 bits per heavy atom. The summed E-state index contributed by atoms with van der Waals surface area (Å²) in [5, 5.41) is 3.93. The highest BCUT2D eigenvalue weighted by Crippen LogP contribution is 2.24. The van der Waals surface area contributed by atoms with Crippen LogP contribution in [0.3, 0.4) is 0 Å². The molecule has 1 aromatic heterocycles. The lowest BCUT2D eigenvalue weighted by molar-refractivity contribution is -0.120. The maximum atomic E-state index is 13.2. The molecule has 31 heavy (non-hydrogen) atoms. The largest absolute Gasteiger partial charge is 0.497 e. The fourth-order valence-corrected chi connectivity index (χ4v) is 3.36. The number of rotatable bonds is 8. The monoisotopic (exact) mass is 418 g/mol. The van der Waals surface area contributed by atoms with Crippen molar-refractivity contribution < 1.29 is 18.7 Å². The molecule has 6 heteroatoms. The molecule has 158 valence electrons. The van der Waals surface area contributed by atoms with Crippen LogP contribution in [0.15, 0.2) is 72.9 Å². The van der Waals surface area contributed by atoms with Gasteiger partial charge in [-0.1, -0.05) is 24.3 Å². The van der Waals surface area contributed by atoms with Gasteiger partial charge in [0.2, 0.25) is 5.91 Å². The van der Waals surface area contributed by atoms with E-state index in [1.54, 1.807) is 13.2 Å². The third-order valence-corrected chi connectivity index (χ3v) is 5.03. The molecule has 3 aromatic carbocycles. The highest BCUT2D eigenvalue weighted by atomic mass is 19.1. The maximum Gasteiger partial charge on any atom is 0.224 e. The lowest BCUT2D eigenvalue weighted by Gasteiger charge is -2.09. The number of aromatic nitrogens is 1. The van der Waals surface area contributed by atoms with E-state index in [4.69, 9.17) is 9.47 Å². The van der Waals surface area contributed by atoms with Crippen LogP contribution < -0.4 is 14.8 Å². The first-order valence-corrected chi connectivity index (χ1v) is 9.97. The highest BCUT2D eigenvalue weighted by Gasteiger charge is 2.10. The second kappa shape index (κ2) is 9.34. The van der Waals surface area contributed by atoms with Gasteiger partial charge < -0.3 is 19.8 Å². The molecule has 0 unspecified atom stereocenters. The molecule has 4 aromatic rings.